The van der Waals surface area contributed by atoms with Gasteiger partial charge in [0.25, 0.3) is 0 Å². The second-order valence-electron chi connectivity index (χ2n) is 6.08. The van der Waals surface area contributed by atoms with E-state index in [1.165, 1.54) is 24.1 Å². The number of nitrogens with one attached hydrogen (secondary N) is 1. The van der Waals surface area contributed by atoms with Gasteiger partial charge in [-0.15, -0.1) is 0 Å². The minimum absolute atomic E-state index is 0.253. The van der Waals surface area contributed by atoms with E-state index in [2.05, 4.69) is 9.82 Å². The molecule has 0 radical (unpaired) electrons. The van der Waals surface area contributed by atoms with E-state index >= 15 is 0 Å². The molecule has 1 aliphatic carbocycles. The van der Waals surface area contributed by atoms with Gasteiger partial charge in [0.2, 0.25) is 10.0 Å². The van der Waals surface area contributed by atoms with Crippen molar-refractivity contribution in [3.63, 3.8) is 0 Å². The van der Waals surface area contributed by atoms with Gasteiger partial charge in [0.15, 0.2) is 0 Å². The maximum Gasteiger partial charge on any atom is 0.240 e. The molecule has 1 aromatic heterocycles. The van der Waals surface area contributed by atoms with Crippen molar-refractivity contribution in [3.05, 3.63) is 41.2 Å². The summed E-state index contributed by atoms with van der Waals surface area (Å²) in [5.74, 6) is 0.678. The van der Waals surface area contributed by atoms with Gasteiger partial charge < -0.3 is 4.74 Å². The molecule has 24 heavy (non-hydrogen) atoms. The largest absolute Gasteiger partial charge is 0.496 e. The number of ether oxygens (including phenoxy) is 1. The monoisotopic (exact) mass is 349 g/mol. The highest BCUT2D eigenvalue weighted by molar-refractivity contribution is 7.89. The van der Waals surface area contributed by atoms with Crippen molar-refractivity contribution in [2.45, 2.75) is 44.0 Å². The van der Waals surface area contributed by atoms with Gasteiger partial charge in [0.1, 0.15) is 5.75 Å². The van der Waals surface area contributed by atoms with Gasteiger partial charge in [0, 0.05) is 12.2 Å². The van der Waals surface area contributed by atoms with Crippen LogP contribution in [0.3, 0.4) is 0 Å². The SMILES string of the molecule is COc1ccc(S(=O)(=O)NCCn2ncc3c2CCCC3)cc1C. The number of hydrogen-bond acceptors (Lipinski definition) is 4. The molecule has 0 saturated heterocycles. The first kappa shape index (κ1) is 17.0. The second kappa shape index (κ2) is 6.94. The Morgan fingerprint density at radius 2 is 2.08 bits per heavy atom. The number of hydrogen-bond donors (Lipinski definition) is 1. The molecule has 0 unspecified atom stereocenters. The van der Waals surface area contributed by atoms with Gasteiger partial charge in [-0.2, -0.15) is 5.10 Å². The molecule has 1 heterocycles. The molecule has 1 aliphatic rings. The summed E-state index contributed by atoms with van der Waals surface area (Å²) in [6.07, 6.45) is 6.40. The molecule has 3 rings (SSSR count). The first-order valence-corrected chi connectivity index (χ1v) is 9.67. The van der Waals surface area contributed by atoms with Crippen LogP contribution in [0.4, 0.5) is 0 Å². The Kier molecular flexibility index (Phi) is 4.91. The zero-order valence-corrected chi connectivity index (χ0v) is 14.9. The van der Waals surface area contributed by atoms with E-state index in [0.717, 1.165) is 18.4 Å². The topological polar surface area (TPSA) is 73.2 Å². The van der Waals surface area contributed by atoms with Crippen LogP contribution in [0.1, 0.15) is 29.7 Å². The Balaban J connectivity index is 1.65. The van der Waals surface area contributed by atoms with Crippen molar-refractivity contribution in [3.8, 4) is 5.75 Å². The van der Waals surface area contributed by atoms with E-state index in [4.69, 9.17) is 4.74 Å². The van der Waals surface area contributed by atoms with Crippen molar-refractivity contribution >= 4 is 10.0 Å². The third-order valence-electron chi connectivity index (χ3n) is 4.44. The summed E-state index contributed by atoms with van der Waals surface area (Å²) in [5, 5.41) is 4.39. The highest BCUT2D eigenvalue weighted by Crippen LogP contribution is 2.22. The van der Waals surface area contributed by atoms with Crippen molar-refractivity contribution in [2.24, 2.45) is 0 Å². The molecule has 1 aromatic carbocycles. The van der Waals surface area contributed by atoms with Gasteiger partial charge >= 0.3 is 0 Å². The highest BCUT2D eigenvalue weighted by atomic mass is 32.2. The zero-order valence-electron chi connectivity index (χ0n) is 14.1. The smallest absolute Gasteiger partial charge is 0.240 e. The van der Waals surface area contributed by atoms with Crippen LogP contribution >= 0.6 is 0 Å². The number of aromatic nitrogens is 2. The van der Waals surface area contributed by atoms with E-state index in [1.54, 1.807) is 25.3 Å². The van der Waals surface area contributed by atoms with E-state index in [9.17, 15) is 8.42 Å². The van der Waals surface area contributed by atoms with Gasteiger partial charge in [-0.05, 0) is 61.9 Å². The molecule has 7 heteroatoms. The summed E-state index contributed by atoms with van der Waals surface area (Å²) >= 11 is 0. The molecular formula is C17H23N3O3S. The van der Waals surface area contributed by atoms with Gasteiger partial charge in [-0.1, -0.05) is 0 Å². The molecular weight excluding hydrogens is 326 g/mol. The number of sulfonamides is 1. The number of aryl methyl sites for hydroxylation is 2. The highest BCUT2D eigenvalue weighted by Gasteiger charge is 2.17. The van der Waals surface area contributed by atoms with Crippen molar-refractivity contribution in [1.82, 2.24) is 14.5 Å². The molecule has 0 amide bonds. The fourth-order valence-electron chi connectivity index (χ4n) is 3.14. The number of benzene rings is 1. The van der Waals surface area contributed by atoms with Crippen LogP contribution in [0.25, 0.3) is 0 Å². The molecule has 0 saturated carbocycles. The average Bonchev–Trinajstić information content (AvgIpc) is 2.98. The fraction of sp³-hybridized carbons (Fsp3) is 0.471. The standard InChI is InChI=1S/C17H23N3O3S/c1-13-11-15(7-8-17(13)23-2)24(21,22)19-9-10-20-16-6-4-3-5-14(16)12-18-20/h7-8,11-12,19H,3-6,9-10H2,1-2H3. The minimum atomic E-state index is -3.53. The maximum atomic E-state index is 12.4. The Bertz CT molecular complexity index is 828. The van der Waals surface area contributed by atoms with E-state index in [0.29, 0.717) is 18.8 Å². The predicted octanol–water partition coefficient (Wildman–Crippen LogP) is 2.06. The van der Waals surface area contributed by atoms with Crippen molar-refractivity contribution < 1.29 is 13.2 Å². The molecule has 6 nitrogen and oxygen atoms in total. The minimum Gasteiger partial charge on any atom is -0.496 e. The molecule has 0 aliphatic heterocycles. The molecule has 2 aromatic rings. The van der Waals surface area contributed by atoms with Crippen LogP contribution in [0.2, 0.25) is 0 Å². The fourth-order valence-corrected chi connectivity index (χ4v) is 4.24. The van der Waals surface area contributed by atoms with Crippen LogP contribution in [0.5, 0.6) is 5.75 Å². The lowest BCUT2D eigenvalue weighted by Crippen LogP contribution is -2.28. The molecule has 1 N–H and O–H groups in total. The normalized spacial score (nSPS) is 14.4. The van der Waals surface area contributed by atoms with Gasteiger partial charge in [-0.25, -0.2) is 13.1 Å². The third-order valence-corrected chi connectivity index (χ3v) is 5.90. The van der Waals surface area contributed by atoms with Crippen LogP contribution in [-0.2, 0) is 29.4 Å². The quantitative estimate of drug-likeness (QED) is 0.866. The van der Waals surface area contributed by atoms with E-state index in [-0.39, 0.29) is 4.90 Å². The molecule has 0 spiro atoms. The Morgan fingerprint density at radius 3 is 2.83 bits per heavy atom. The number of rotatable bonds is 6. The first-order valence-electron chi connectivity index (χ1n) is 8.19. The van der Waals surface area contributed by atoms with Crippen LogP contribution in [0.15, 0.2) is 29.3 Å². The average molecular weight is 349 g/mol. The second-order valence-corrected chi connectivity index (χ2v) is 7.84. The molecule has 0 fully saturated rings. The summed E-state index contributed by atoms with van der Waals surface area (Å²) in [5.41, 5.74) is 3.34. The lowest BCUT2D eigenvalue weighted by Gasteiger charge is -2.14. The van der Waals surface area contributed by atoms with Crippen LogP contribution < -0.4 is 9.46 Å². The Labute approximate surface area is 142 Å². The molecule has 0 bridgehead atoms. The van der Waals surface area contributed by atoms with Crippen molar-refractivity contribution in [1.29, 1.82) is 0 Å². The Morgan fingerprint density at radius 1 is 1.29 bits per heavy atom. The lowest BCUT2D eigenvalue weighted by atomic mass is 9.98. The molecule has 130 valence electrons. The van der Waals surface area contributed by atoms with E-state index in [1.807, 2.05) is 17.8 Å². The predicted molar refractivity (Wildman–Crippen MR) is 91.8 cm³/mol. The molecule has 0 atom stereocenters. The number of nitrogens with zero attached hydrogens (tertiary/aromatic N) is 2. The zero-order chi connectivity index (χ0) is 17.2. The Hall–Kier alpha value is -1.86. The number of fused-ring (bicyclic) bond motifs is 1. The summed E-state index contributed by atoms with van der Waals surface area (Å²) < 4.78 is 34.6. The lowest BCUT2D eigenvalue weighted by molar-refractivity contribution is 0.411. The number of methoxy groups -OCH3 is 1. The van der Waals surface area contributed by atoms with Crippen molar-refractivity contribution in [2.75, 3.05) is 13.7 Å². The summed E-state index contributed by atoms with van der Waals surface area (Å²) in [6.45, 7) is 2.69. The van der Waals surface area contributed by atoms with Crippen LogP contribution in [-0.4, -0.2) is 31.9 Å². The van der Waals surface area contributed by atoms with E-state index < -0.39 is 10.0 Å². The van der Waals surface area contributed by atoms with Crippen LogP contribution in [0, 0.1) is 6.92 Å². The summed E-state index contributed by atoms with van der Waals surface area (Å²) in [6, 6.07) is 4.86. The first-order chi connectivity index (χ1) is 11.5. The van der Waals surface area contributed by atoms with Gasteiger partial charge in [-0.3, -0.25) is 4.68 Å². The third kappa shape index (κ3) is 3.47. The summed E-state index contributed by atoms with van der Waals surface area (Å²) in [7, 11) is -1.96. The van der Waals surface area contributed by atoms with Gasteiger partial charge in [0.05, 0.1) is 24.7 Å². The summed E-state index contributed by atoms with van der Waals surface area (Å²) in [4.78, 5) is 0.253. The maximum absolute atomic E-state index is 12.4.